The first-order chi connectivity index (χ1) is 12.6. The van der Waals surface area contributed by atoms with E-state index in [9.17, 15) is 9.59 Å². The van der Waals surface area contributed by atoms with Crippen molar-refractivity contribution in [2.24, 2.45) is 0 Å². The van der Waals surface area contributed by atoms with Gasteiger partial charge in [-0.15, -0.1) is 0 Å². The average Bonchev–Trinajstić information content (AvgIpc) is 3.19. The van der Waals surface area contributed by atoms with Gasteiger partial charge in [0.25, 0.3) is 5.91 Å². The lowest BCUT2D eigenvalue weighted by molar-refractivity contribution is -0.162. The van der Waals surface area contributed by atoms with Gasteiger partial charge in [0.2, 0.25) is 0 Å². The summed E-state index contributed by atoms with van der Waals surface area (Å²) in [7, 11) is 0. The summed E-state index contributed by atoms with van der Waals surface area (Å²) in [6, 6.07) is 17.5. The first-order valence-corrected chi connectivity index (χ1v) is 9.40. The standard InChI is InChI=1S/C20H21NO4S/c1-14(25-20(23)17-11-7-13-24-17)19(22)21-16-10-5-6-12-18(16)26-15-8-3-2-4-9-15/h2-6,8-10,12,14,17H,7,11,13H2,1H3,(H,21,22)/t14-,17+/m1/s1. The number of hydrogen-bond donors (Lipinski definition) is 1. The number of carbonyl (C=O) groups excluding carboxylic acids is 2. The van der Waals surface area contributed by atoms with E-state index in [0.29, 0.717) is 18.7 Å². The highest BCUT2D eigenvalue weighted by Crippen LogP contribution is 2.33. The third-order valence-corrected chi connectivity index (χ3v) is 5.05. The van der Waals surface area contributed by atoms with Crippen LogP contribution < -0.4 is 5.32 Å². The molecule has 1 saturated heterocycles. The van der Waals surface area contributed by atoms with E-state index in [1.54, 1.807) is 18.7 Å². The van der Waals surface area contributed by atoms with Crippen LogP contribution in [-0.4, -0.2) is 30.7 Å². The summed E-state index contributed by atoms with van der Waals surface area (Å²) >= 11 is 1.56. The number of esters is 1. The molecule has 2 atom stereocenters. The van der Waals surface area contributed by atoms with Crippen molar-refractivity contribution >= 4 is 29.3 Å². The number of anilines is 1. The van der Waals surface area contributed by atoms with Crippen molar-refractivity contribution in [2.45, 2.75) is 41.8 Å². The second-order valence-corrected chi connectivity index (χ2v) is 7.10. The normalized spacial score (nSPS) is 17.5. The van der Waals surface area contributed by atoms with Gasteiger partial charge >= 0.3 is 5.97 Å². The number of rotatable bonds is 6. The zero-order chi connectivity index (χ0) is 18.4. The van der Waals surface area contributed by atoms with Crippen LogP contribution in [-0.2, 0) is 19.1 Å². The average molecular weight is 371 g/mol. The molecule has 0 bridgehead atoms. The third-order valence-electron chi connectivity index (χ3n) is 3.97. The van der Waals surface area contributed by atoms with Crippen molar-refractivity contribution in [3.8, 4) is 0 Å². The number of hydrogen-bond acceptors (Lipinski definition) is 5. The van der Waals surface area contributed by atoms with Crippen LogP contribution >= 0.6 is 11.8 Å². The molecule has 0 aliphatic carbocycles. The second-order valence-electron chi connectivity index (χ2n) is 5.98. The van der Waals surface area contributed by atoms with Crippen molar-refractivity contribution in [1.82, 2.24) is 0 Å². The van der Waals surface area contributed by atoms with E-state index in [2.05, 4.69) is 5.32 Å². The molecule has 5 nitrogen and oxygen atoms in total. The summed E-state index contributed by atoms with van der Waals surface area (Å²) in [5.74, 6) is -0.838. The maximum atomic E-state index is 12.4. The number of nitrogens with one attached hydrogen (secondary N) is 1. The van der Waals surface area contributed by atoms with Crippen LogP contribution in [0.4, 0.5) is 5.69 Å². The number of ether oxygens (including phenoxy) is 2. The summed E-state index contributed by atoms with van der Waals surface area (Å²) in [6.07, 6.45) is 0.0429. The maximum absolute atomic E-state index is 12.4. The van der Waals surface area contributed by atoms with Crippen LogP contribution in [0.1, 0.15) is 19.8 Å². The topological polar surface area (TPSA) is 64.6 Å². The summed E-state index contributed by atoms with van der Waals surface area (Å²) in [5, 5.41) is 2.85. The van der Waals surface area contributed by atoms with E-state index >= 15 is 0 Å². The largest absolute Gasteiger partial charge is 0.451 e. The highest BCUT2D eigenvalue weighted by atomic mass is 32.2. The number of carbonyl (C=O) groups is 2. The number of amides is 1. The molecule has 1 N–H and O–H groups in total. The van der Waals surface area contributed by atoms with Crippen LogP contribution in [0.15, 0.2) is 64.4 Å². The summed E-state index contributed by atoms with van der Waals surface area (Å²) < 4.78 is 10.5. The molecule has 1 fully saturated rings. The highest BCUT2D eigenvalue weighted by Gasteiger charge is 2.28. The first-order valence-electron chi connectivity index (χ1n) is 8.58. The Morgan fingerprint density at radius 1 is 1.15 bits per heavy atom. The predicted molar refractivity (Wildman–Crippen MR) is 100 cm³/mol. The second kappa shape index (κ2) is 8.87. The fraction of sp³-hybridized carbons (Fsp3) is 0.300. The highest BCUT2D eigenvalue weighted by molar-refractivity contribution is 7.99. The minimum absolute atomic E-state index is 0.363. The smallest absolute Gasteiger partial charge is 0.336 e. The molecule has 2 aromatic carbocycles. The molecule has 2 aromatic rings. The molecule has 136 valence electrons. The van der Waals surface area contributed by atoms with Crippen molar-refractivity contribution in [1.29, 1.82) is 0 Å². The Kier molecular flexibility index (Phi) is 6.30. The Balaban J connectivity index is 1.62. The zero-order valence-electron chi connectivity index (χ0n) is 14.5. The van der Waals surface area contributed by atoms with Gasteiger partial charge in [-0.05, 0) is 44.0 Å². The molecule has 26 heavy (non-hydrogen) atoms. The molecule has 6 heteroatoms. The van der Waals surface area contributed by atoms with E-state index in [0.717, 1.165) is 16.2 Å². The van der Waals surface area contributed by atoms with E-state index in [-0.39, 0.29) is 5.91 Å². The van der Waals surface area contributed by atoms with Gasteiger partial charge in [-0.3, -0.25) is 4.79 Å². The summed E-state index contributed by atoms with van der Waals surface area (Å²) in [4.78, 5) is 26.4. The molecular weight excluding hydrogens is 350 g/mol. The first kappa shape index (κ1) is 18.5. The monoisotopic (exact) mass is 371 g/mol. The van der Waals surface area contributed by atoms with Gasteiger partial charge in [0.15, 0.2) is 12.2 Å². The Bertz CT molecular complexity index is 759. The van der Waals surface area contributed by atoms with E-state index in [4.69, 9.17) is 9.47 Å². The predicted octanol–water partition coefficient (Wildman–Crippen LogP) is 3.89. The van der Waals surface area contributed by atoms with Gasteiger partial charge in [-0.1, -0.05) is 42.1 Å². The third kappa shape index (κ3) is 4.86. The van der Waals surface area contributed by atoms with Gasteiger partial charge in [0.1, 0.15) is 0 Å². The lowest BCUT2D eigenvalue weighted by Gasteiger charge is -2.17. The Labute approximate surface area is 157 Å². The Morgan fingerprint density at radius 2 is 1.88 bits per heavy atom. The zero-order valence-corrected chi connectivity index (χ0v) is 15.3. The fourth-order valence-corrected chi connectivity index (χ4v) is 3.50. The van der Waals surface area contributed by atoms with E-state index in [1.165, 1.54) is 0 Å². The van der Waals surface area contributed by atoms with Gasteiger partial charge in [-0.2, -0.15) is 0 Å². The number of benzene rings is 2. The molecule has 0 spiro atoms. The quantitative estimate of drug-likeness (QED) is 0.781. The van der Waals surface area contributed by atoms with Crippen LogP contribution in [0.5, 0.6) is 0 Å². The SMILES string of the molecule is C[C@@H](OC(=O)[C@@H]1CCCO1)C(=O)Nc1ccccc1Sc1ccccc1. The molecule has 1 aliphatic heterocycles. The fourth-order valence-electron chi connectivity index (χ4n) is 2.58. The Hall–Kier alpha value is -2.31. The van der Waals surface area contributed by atoms with Crippen molar-refractivity contribution in [2.75, 3.05) is 11.9 Å². The van der Waals surface area contributed by atoms with Crippen LogP contribution in [0, 0.1) is 0 Å². The lowest BCUT2D eigenvalue weighted by Crippen LogP contribution is -2.34. The molecular formula is C20H21NO4S. The molecule has 1 amide bonds. The van der Waals surface area contributed by atoms with Gasteiger partial charge in [0, 0.05) is 16.4 Å². The molecule has 0 radical (unpaired) electrons. The molecule has 0 aromatic heterocycles. The van der Waals surface area contributed by atoms with E-state index in [1.807, 2.05) is 54.6 Å². The van der Waals surface area contributed by atoms with Crippen molar-refractivity contribution in [3.63, 3.8) is 0 Å². The summed E-state index contributed by atoms with van der Waals surface area (Å²) in [6.45, 7) is 2.12. The van der Waals surface area contributed by atoms with Crippen molar-refractivity contribution in [3.05, 3.63) is 54.6 Å². The van der Waals surface area contributed by atoms with Gasteiger partial charge in [0.05, 0.1) is 5.69 Å². The molecule has 1 heterocycles. The number of para-hydroxylation sites is 1. The minimum atomic E-state index is -0.888. The molecule has 3 rings (SSSR count). The van der Waals surface area contributed by atoms with Crippen LogP contribution in [0.2, 0.25) is 0 Å². The van der Waals surface area contributed by atoms with Gasteiger partial charge < -0.3 is 14.8 Å². The molecule has 0 unspecified atom stereocenters. The lowest BCUT2D eigenvalue weighted by atomic mass is 10.2. The minimum Gasteiger partial charge on any atom is -0.451 e. The van der Waals surface area contributed by atoms with Crippen LogP contribution in [0.3, 0.4) is 0 Å². The van der Waals surface area contributed by atoms with E-state index < -0.39 is 18.2 Å². The maximum Gasteiger partial charge on any atom is 0.336 e. The Morgan fingerprint density at radius 3 is 2.62 bits per heavy atom. The van der Waals surface area contributed by atoms with Crippen LogP contribution in [0.25, 0.3) is 0 Å². The van der Waals surface area contributed by atoms with Crippen molar-refractivity contribution < 1.29 is 19.1 Å². The van der Waals surface area contributed by atoms with Gasteiger partial charge in [-0.25, -0.2) is 4.79 Å². The molecule has 1 aliphatic rings. The summed E-state index contributed by atoms with van der Waals surface area (Å²) in [5.41, 5.74) is 0.686. The molecule has 0 saturated carbocycles.